The summed E-state index contributed by atoms with van der Waals surface area (Å²) in [5.41, 5.74) is 1.13. The molecule has 0 radical (unpaired) electrons. The van der Waals surface area contributed by atoms with Gasteiger partial charge in [0.2, 0.25) is 6.79 Å². The number of hydrogen-bond donors (Lipinski definition) is 0. The second-order valence-electron chi connectivity index (χ2n) is 6.15. The first-order valence-corrected chi connectivity index (χ1v) is 9.71. The molecule has 27 heavy (non-hydrogen) atoms. The average molecular weight is 382 g/mol. The molecular weight excluding hydrogens is 364 g/mol. The molecule has 2 aromatic carbocycles. The fraction of sp³-hybridized carbons (Fsp3) is 0.250. The maximum atomic E-state index is 12.8. The Kier molecular flexibility index (Phi) is 4.85. The van der Waals surface area contributed by atoms with Gasteiger partial charge in [0.05, 0.1) is 16.7 Å². The molecule has 0 fully saturated rings. The van der Waals surface area contributed by atoms with E-state index in [2.05, 4.69) is 4.98 Å². The number of Topliss-reactive ketones (excluding diaryl/α,β-unsaturated/α-hetero) is 1. The average Bonchev–Trinajstić information content (AvgIpc) is 3.16. The normalized spacial score (nSPS) is 12.5. The molecule has 0 atom stereocenters. The third-order valence-electron chi connectivity index (χ3n) is 4.30. The van der Waals surface area contributed by atoms with Gasteiger partial charge in [0.25, 0.3) is 5.56 Å². The van der Waals surface area contributed by atoms with Gasteiger partial charge in [0, 0.05) is 12.1 Å². The monoisotopic (exact) mass is 382 g/mol. The minimum Gasteiger partial charge on any atom is -0.454 e. The first kappa shape index (κ1) is 17.6. The van der Waals surface area contributed by atoms with Crippen molar-refractivity contribution in [3.8, 4) is 11.5 Å². The molecule has 0 bridgehead atoms. The number of hydrogen-bond acceptors (Lipinski definition) is 6. The lowest BCUT2D eigenvalue weighted by atomic mass is 10.1. The van der Waals surface area contributed by atoms with E-state index >= 15 is 0 Å². The van der Waals surface area contributed by atoms with Crippen LogP contribution < -0.4 is 15.0 Å². The molecule has 4 rings (SSSR count). The molecule has 1 aromatic heterocycles. The molecule has 0 aliphatic carbocycles. The first-order valence-electron chi connectivity index (χ1n) is 8.72. The summed E-state index contributed by atoms with van der Waals surface area (Å²) in [7, 11) is 0. The highest BCUT2D eigenvalue weighted by atomic mass is 32.2. The minimum atomic E-state index is -0.0690. The van der Waals surface area contributed by atoms with E-state index in [1.807, 2.05) is 25.1 Å². The highest BCUT2D eigenvalue weighted by Crippen LogP contribution is 2.33. The molecule has 0 N–H and O–H groups in total. The standard InChI is InChI=1S/C20H18N2O4S/c1-2-9-22-19(24)14-5-3-4-6-15(14)21-20(22)27-11-16(23)13-7-8-17-18(10-13)26-12-25-17/h3-8,10H,2,9,11-12H2,1H3. The van der Waals surface area contributed by atoms with Crippen LogP contribution in [0, 0.1) is 0 Å². The van der Waals surface area contributed by atoms with Gasteiger partial charge in [0.1, 0.15) is 0 Å². The Morgan fingerprint density at radius 1 is 1.19 bits per heavy atom. The number of aromatic nitrogens is 2. The number of ether oxygens (including phenoxy) is 2. The summed E-state index contributed by atoms with van der Waals surface area (Å²) < 4.78 is 12.3. The predicted octanol–water partition coefficient (Wildman–Crippen LogP) is 3.51. The number of rotatable bonds is 6. The van der Waals surface area contributed by atoms with Crippen molar-refractivity contribution >= 4 is 28.4 Å². The molecule has 1 aliphatic rings. The Bertz CT molecular complexity index is 1080. The van der Waals surface area contributed by atoms with Gasteiger partial charge in [-0.05, 0) is 36.8 Å². The van der Waals surface area contributed by atoms with Crippen LogP contribution in [0.4, 0.5) is 0 Å². The van der Waals surface area contributed by atoms with Crippen molar-refractivity contribution < 1.29 is 14.3 Å². The summed E-state index contributed by atoms with van der Waals surface area (Å²) in [6.07, 6.45) is 0.809. The van der Waals surface area contributed by atoms with Crippen molar-refractivity contribution in [2.24, 2.45) is 0 Å². The zero-order valence-electron chi connectivity index (χ0n) is 14.8. The lowest BCUT2D eigenvalue weighted by Crippen LogP contribution is -2.23. The molecule has 6 nitrogen and oxygen atoms in total. The lowest BCUT2D eigenvalue weighted by molar-refractivity contribution is 0.102. The summed E-state index contributed by atoms with van der Waals surface area (Å²) in [5.74, 6) is 1.36. The number of fused-ring (bicyclic) bond motifs is 2. The van der Waals surface area contributed by atoms with Crippen molar-refractivity contribution in [2.45, 2.75) is 25.0 Å². The Balaban J connectivity index is 1.60. The fourth-order valence-corrected chi connectivity index (χ4v) is 3.88. The molecule has 2 heterocycles. The Morgan fingerprint density at radius 2 is 2.00 bits per heavy atom. The number of carbonyl (C=O) groups is 1. The van der Waals surface area contributed by atoms with Crippen LogP contribution in [0.2, 0.25) is 0 Å². The molecule has 0 saturated heterocycles. The largest absolute Gasteiger partial charge is 0.454 e. The molecule has 0 saturated carbocycles. The van der Waals surface area contributed by atoms with E-state index in [1.165, 1.54) is 11.8 Å². The number of nitrogens with zero attached hydrogens (tertiary/aromatic N) is 2. The van der Waals surface area contributed by atoms with E-state index in [-0.39, 0.29) is 23.9 Å². The number of ketones is 1. The maximum absolute atomic E-state index is 12.8. The summed E-state index contributed by atoms with van der Waals surface area (Å²) in [6, 6.07) is 12.4. The van der Waals surface area contributed by atoms with Crippen molar-refractivity contribution in [1.82, 2.24) is 9.55 Å². The van der Waals surface area contributed by atoms with Crippen LogP contribution in [0.5, 0.6) is 11.5 Å². The first-order chi connectivity index (χ1) is 13.2. The number of carbonyl (C=O) groups excluding carboxylic acids is 1. The Labute approximate surface area is 160 Å². The number of benzene rings is 2. The summed E-state index contributed by atoms with van der Waals surface area (Å²) in [4.78, 5) is 30.0. The van der Waals surface area contributed by atoms with Gasteiger partial charge in [-0.25, -0.2) is 4.98 Å². The van der Waals surface area contributed by atoms with Crippen LogP contribution in [-0.2, 0) is 6.54 Å². The Morgan fingerprint density at radius 3 is 2.85 bits per heavy atom. The van der Waals surface area contributed by atoms with Crippen molar-refractivity contribution in [3.63, 3.8) is 0 Å². The number of thioether (sulfide) groups is 1. The van der Waals surface area contributed by atoms with Crippen molar-refractivity contribution in [2.75, 3.05) is 12.5 Å². The SMILES string of the molecule is CCCn1c(SCC(=O)c2ccc3c(c2)OCO3)nc2ccccc2c1=O. The van der Waals surface area contributed by atoms with E-state index in [0.717, 1.165) is 6.42 Å². The van der Waals surface area contributed by atoms with Crippen LogP contribution in [-0.4, -0.2) is 27.9 Å². The fourth-order valence-electron chi connectivity index (χ4n) is 2.96. The molecule has 7 heteroatoms. The van der Waals surface area contributed by atoms with Crippen LogP contribution in [0.15, 0.2) is 52.4 Å². The van der Waals surface area contributed by atoms with Gasteiger partial charge in [-0.3, -0.25) is 14.2 Å². The minimum absolute atomic E-state index is 0.0521. The topological polar surface area (TPSA) is 70.4 Å². The third-order valence-corrected chi connectivity index (χ3v) is 5.28. The van der Waals surface area contributed by atoms with E-state index in [1.54, 1.807) is 28.8 Å². The molecule has 138 valence electrons. The highest BCUT2D eigenvalue weighted by molar-refractivity contribution is 7.99. The molecular formula is C20H18N2O4S. The van der Waals surface area contributed by atoms with Gasteiger partial charge >= 0.3 is 0 Å². The van der Waals surface area contributed by atoms with Gasteiger partial charge in [0.15, 0.2) is 22.4 Å². The third kappa shape index (κ3) is 3.42. The summed E-state index contributed by atoms with van der Waals surface area (Å²) in [6.45, 7) is 2.75. The van der Waals surface area contributed by atoms with Crippen LogP contribution in [0.25, 0.3) is 10.9 Å². The van der Waals surface area contributed by atoms with Crippen LogP contribution in [0.1, 0.15) is 23.7 Å². The molecule has 0 unspecified atom stereocenters. The van der Waals surface area contributed by atoms with E-state index in [9.17, 15) is 9.59 Å². The zero-order chi connectivity index (χ0) is 18.8. The zero-order valence-corrected chi connectivity index (χ0v) is 15.6. The lowest BCUT2D eigenvalue weighted by Gasteiger charge is -2.12. The second-order valence-corrected chi connectivity index (χ2v) is 7.09. The van der Waals surface area contributed by atoms with Crippen molar-refractivity contribution in [1.29, 1.82) is 0 Å². The predicted molar refractivity (Wildman–Crippen MR) is 104 cm³/mol. The highest BCUT2D eigenvalue weighted by Gasteiger charge is 2.18. The van der Waals surface area contributed by atoms with Crippen LogP contribution >= 0.6 is 11.8 Å². The molecule has 0 spiro atoms. The van der Waals surface area contributed by atoms with Gasteiger partial charge in [-0.2, -0.15) is 0 Å². The quantitative estimate of drug-likeness (QED) is 0.369. The summed E-state index contributed by atoms with van der Waals surface area (Å²) in [5, 5.41) is 1.16. The molecule has 3 aromatic rings. The Hall–Kier alpha value is -2.80. The van der Waals surface area contributed by atoms with Gasteiger partial charge in [-0.1, -0.05) is 30.8 Å². The maximum Gasteiger partial charge on any atom is 0.262 e. The van der Waals surface area contributed by atoms with Gasteiger partial charge < -0.3 is 9.47 Å². The van der Waals surface area contributed by atoms with E-state index in [4.69, 9.17) is 9.47 Å². The molecule has 0 amide bonds. The smallest absolute Gasteiger partial charge is 0.262 e. The van der Waals surface area contributed by atoms with E-state index in [0.29, 0.717) is 39.7 Å². The second kappa shape index (κ2) is 7.44. The van der Waals surface area contributed by atoms with Crippen molar-refractivity contribution in [3.05, 3.63) is 58.4 Å². The summed E-state index contributed by atoms with van der Waals surface area (Å²) >= 11 is 1.28. The van der Waals surface area contributed by atoms with E-state index < -0.39 is 0 Å². The molecule has 1 aliphatic heterocycles. The van der Waals surface area contributed by atoms with Crippen LogP contribution in [0.3, 0.4) is 0 Å². The van der Waals surface area contributed by atoms with Gasteiger partial charge in [-0.15, -0.1) is 0 Å². The number of para-hydroxylation sites is 1.